The predicted octanol–water partition coefficient (Wildman–Crippen LogP) is 5.20. The quantitative estimate of drug-likeness (QED) is 0.418. The lowest BCUT2D eigenvalue weighted by Crippen LogP contribution is -2.64. The van der Waals surface area contributed by atoms with Crippen molar-refractivity contribution in [3.8, 4) is 0 Å². The van der Waals surface area contributed by atoms with Crippen molar-refractivity contribution in [3.05, 3.63) is 0 Å². The predicted molar refractivity (Wildman–Crippen MR) is 149 cm³/mol. The molecule has 10 atom stereocenters. The Morgan fingerprint density at radius 3 is 1.92 bits per heavy atom. The molecule has 5 saturated heterocycles. The minimum Gasteiger partial charge on any atom is -0.393 e. The summed E-state index contributed by atoms with van der Waals surface area (Å²) in [6.45, 7) is 14.4. The molecule has 38 heavy (non-hydrogen) atoms. The first-order chi connectivity index (χ1) is 17.5. The number of hydrogen-bond acceptors (Lipinski definition) is 7. The molecule has 0 aromatic carbocycles. The Hall–Kier alpha value is 0.200. The zero-order valence-corrected chi connectivity index (χ0v) is 26.1. The van der Waals surface area contributed by atoms with Crippen LogP contribution in [0.2, 0.25) is 0 Å². The van der Waals surface area contributed by atoms with Crippen molar-refractivity contribution in [2.24, 2.45) is 0 Å². The summed E-state index contributed by atoms with van der Waals surface area (Å²) < 4.78 is 33.4. The lowest BCUT2D eigenvalue weighted by molar-refractivity contribution is -0.309. The SMILES string of the molecule is CC(C)(O)C1CCC(C)(C2CCC(CO)(C3CCC4OC(C5(C)CCC(Br)C(C)(C)O5)CCC4(C)O3)O2)O1. The zero-order chi connectivity index (χ0) is 27.8. The van der Waals surface area contributed by atoms with E-state index in [1.54, 1.807) is 13.8 Å². The molecule has 5 rings (SSSR count). The molecule has 0 bridgehead atoms. The number of fused-ring (bicyclic) bond motifs is 1. The molecule has 8 heteroatoms. The fourth-order valence-electron chi connectivity index (χ4n) is 7.96. The van der Waals surface area contributed by atoms with E-state index in [1.165, 1.54) is 0 Å². The first kappa shape index (κ1) is 29.7. The summed E-state index contributed by atoms with van der Waals surface area (Å²) in [5.41, 5.74) is -3.05. The van der Waals surface area contributed by atoms with Crippen molar-refractivity contribution in [3.63, 3.8) is 0 Å². The molecule has 0 aliphatic carbocycles. The lowest BCUT2D eigenvalue weighted by Gasteiger charge is -2.56. The number of rotatable bonds is 5. The molecule has 5 heterocycles. The molecule has 0 radical (unpaired) electrons. The van der Waals surface area contributed by atoms with Gasteiger partial charge < -0.3 is 33.9 Å². The minimum atomic E-state index is -0.884. The third-order valence-corrected chi connectivity index (χ3v) is 12.2. The maximum Gasteiger partial charge on any atom is 0.118 e. The van der Waals surface area contributed by atoms with E-state index in [9.17, 15) is 10.2 Å². The highest BCUT2D eigenvalue weighted by atomic mass is 79.9. The van der Waals surface area contributed by atoms with Crippen molar-refractivity contribution in [2.45, 2.75) is 182 Å². The number of hydrogen-bond donors (Lipinski definition) is 2. The number of aliphatic hydroxyl groups excluding tert-OH is 1. The van der Waals surface area contributed by atoms with Gasteiger partial charge in [0.15, 0.2) is 0 Å². The maximum absolute atomic E-state index is 10.7. The number of halogens is 1. The van der Waals surface area contributed by atoms with Crippen LogP contribution in [-0.2, 0) is 23.7 Å². The van der Waals surface area contributed by atoms with Crippen LogP contribution >= 0.6 is 15.9 Å². The van der Waals surface area contributed by atoms with Crippen molar-refractivity contribution in [1.82, 2.24) is 0 Å². The second kappa shape index (κ2) is 9.89. The van der Waals surface area contributed by atoms with Crippen LogP contribution in [0.1, 0.15) is 113 Å². The fourth-order valence-corrected chi connectivity index (χ4v) is 8.29. The monoisotopic (exact) mass is 602 g/mol. The van der Waals surface area contributed by atoms with E-state index in [1.807, 2.05) is 0 Å². The Labute approximate surface area is 237 Å². The summed E-state index contributed by atoms with van der Waals surface area (Å²) in [5, 5.41) is 21.1. The van der Waals surface area contributed by atoms with E-state index in [0.29, 0.717) is 4.83 Å². The molecule has 5 aliphatic rings. The molecule has 0 amide bonds. The van der Waals surface area contributed by atoms with Gasteiger partial charge in [0.25, 0.3) is 0 Å². The molecule has 2 N–H and O–H groups in total. The smallest absolute Gasteiger partial charge is 0.118 e. The summed E-state index contributed by atoms with van der Waals surface area (Å²) >= 11 is 3.80. The number of alkyl halides is 1. The molecular formula is C30H51BrO7. The average Bonchev–Trinajstić information content (AvgIpc) is 3.46. The van der Waals surface area contributed by atoms with Gasteiger partial charge in [0.05, 0.1) is 65.1 Å². The molecule has 7 nitrogen and oxygen atoms in total. The standard InChI is InChI=1S/C30H51BrO7/c1-25(2,33)20-11-15-28(6,35-20)23-13-17-30(18-32,37-23)24-9-8-21-27(5,36-24)16-12-22(34-21)29(7)14-10-19(31)26(3,4)38-29/h19-24,32-33H,8-18H2,1-7H3. The highest BCUT2D eigenvalue weighted by Crippen LogP contribution is 2.52. The van der Waals surface area contributed by atoms with Crippen LogP contribution in [-0.4, -0.2) is 85.8 Å². The molecule has 0 aromatic rings. The summed E-state index contributed by atoms with van der Waals surface area (Å²) in [4.78, 5) is 0.346. The summed E-state index contributed by atoms with van der Waals surface area (Å²) in [6.07, 6.45) is 8.20. The normalized spacial score (nSPS) is 51.6. The van der Waals surface area contributed by atoms with Crippen LogP contribution in [0, 0.1) is 0 Å². The van der Waals surface area contributed by atoms with E-state index in [4.69, 9.17) is 23.7 Å². The van der Waals surface area contributed by atoms with Crippen molar-refractivity contribution in [1.29, 1.82) is 0 Å². The third kappa shape index (κ3) is 5.16. The molecule has 0 saturated carbocycles. The van der Waals surface area contributed by atoms with Gasteiger partial charge in [0, 0.05) is 4.83 Å². The zero-order valence-electron chi connectivity index (χ0n) is 24.6. The Morgan fingerprint density at radius 1 is 0.711 bits per heavy atom. The number of ether oxygens (including phenoxy) is 5. The Balaban J connectivity index is 1.24. The summed E-state index contributed by atoms with van der Waals surface area (Å²) in [5.74, 6) is 0. The maximum atomic E-state index is 10.7. The molecule has 220 valence electrons. The second-order valence-electron chi connectivity index (χ2n) is 14.7. The molecule has 5 fully saturated rings. The topological polar surface area (TPSA) is 86.6 Å². The van der Waals surface area contributed by atoms with Gasteiger partial charge in [0.1, 0.15) is 5.60 Å². The molecular weight excluding hydrogens is 552 g/mol. The highest BCUT2D eigenvalue weighted by molar-refractivity contribution is 9.09. The van der Waals surface area contributed by atoms with Gasteiger partial charge in [0.2, 0.25) is 0 Å². The van der Waals surface area contributed by atoms with E-state index in [-0.39, 0.29) is 48.3 Å². The van der Waals surface area contributed by atoms with Crippen LogP contribution < -0.4 is 0 Å². The summed E-state index contributed by atoms with van der Waals surface area (Å²) in [7, 11) is 0. The fraction of sp³-hybridized carbons (Fsp3) is 1.00. The van der Waals surface area contributed by atoms with Crippen LogP contribution in [0.15, 0.2) is 0 Å². The molecule has 0 spiro atoms. The molecule has 10 unspecified atom stereocenters. The van der Waals surface area contributed by atoms with E-state index >= 15 is 0 Å². The first-order valence-corrected chi connectivity index (χ1v) is 15.8. The van der Waals surface area contributed by atoms with Crippen LogP contribution in [0.4, 0.5) is 0 Å². The van der Waals surface area contributed by atoms with Crippen LogP contribution in [0.3, 0.4) is 0 Å². The molecule has 0 aromatic heterocycles. The number of aliphatic hydroxyl groups is 2. The first-order valence-electron chi connectivity index (χ1n) is 14.9. The Morgan fingerprint density at radius 2 is 1.29 bits per heavy atom. The van der Waals surface area contributed by atoms with E-state index in [2.05, 4.69) is 50.5 Å². The van der Waals surface area contributed by atoms with E-state index < -0.39 is 22.4 Å². The van der Waals surface area contributed by atoms with Gasteiger partial charge >= 0.3 is 0 Å². The van der Waals surface area contributed by atoms with Gasteiger partial charge in [-0.25, -0.2) is 0 Å². The Bertz CT molecular complexity index is 877. The van der Waals surface area contributed by atoms with Gasteiger partial charge in [-0.3, -0.25) is 0 Å². The van der Waals surface area contributed by atoms with Gasteiger partial charge in [-0.05, 0) is 113 Å². The average molecular weight is 604 g/mol. The van der Waals surface area contributed by atoms with Crippen molar-refractivity contribution < 1.29 is 33.9 Å². The largest absolute Gasteiger partial charge is 0.393 e. The summed E-state index contributed by atoms with van der Waals surface area (Å²) in [6, 6.07) is 0. The third-order valence-electron chi connectivity index (χ3n) is 10.7. The van der Waals surface area contributed by atoms with Crippen molar-refractivity contribution in [2.75, 3.05) is 6.61 Å². The van der Waals surface area contributed by atoms with Crippen LogP contribution in [0.5, 0.6) is 0 Å². The van der Waals surface area contributed by atoms with Gasteiger partial charge in [-0.15, -0.1) is 0 Å². The minimum absolute atomic E-state index is 0.00102. The second-order valence-corrected chi connectivity index (χ2v) is 15.8. The van der Waals surface area contributed by atoms with Crippen LogP contribution in [0.25, 0.3) is 0 Å². The Kier molecular flexibility index (Phi) is 7.73. The highest BCUT2D eigenvalue weighted by Gasteiger charge is 2.60. The van der Waals surface area contributed by atoms with Gasteiger partial charge in [-0.2, -0.15) is 0 Å². The van der Waals surface area contributed by atoms with Crippen molar-refractivity contribution >= 4 is 15.9 Å². The van der Waals surface area contributed by atoms with Gasteiger partial charge in [-0.1, -0.05) is 15.9 Å². The van der Waals surface area contributed by atoms with E-state index in [0.717, 1.165) is 64.2 Å². The molecule has 5 aliphatic heterocycles. The lowest BCUT2D eigenvalue weighted by atomic mass is 9.75.